The minimum Gasteiger partial charge on any atom is -0.316 e. The Hall–Kier alpha value is -1.06. The topological polar surface area (TPSA) is 32.3 Å². The first-order valence-corrected chi connectivity index (χ1v) is 6.81. The number of carbonyl (C=O) groups excluding carboxylic acids is 1. The van der Waals surface area contributed by atoms with Crippen LogP contribution in [0.25, 0.3) is 0 Å². The summed E-state index contributed by atoms with van der Waals surface area (Å²) >= 11 is 0. The Balaban J connectivity index is 0.00000180. The first kappa shape index (κ1) is 16.0. The summed E-state index contributed by atoms with van der Waals surface area (Å²) in [5.41, 5.74) is 2.24. The average Bonchev–Trinajstić information content (AvgIpc) is 2.42. The van der Waals surface area contributed by atoms with E-state index in [2.05, 4.69) is 24.4 Å². The van der Waals surface area contributed by atoms with Crippen LogP contribution in [0.5, 0.6) is 0 Å². The highest BCUT2D eigenvalue weighted by Crippen LogP contribution is 2.20. The van der Waals surface area contributed by atoms with Gasteiger partial charge in [0, 0.05) is 18.8 Å². The predicted octanol–water partition coefficient (Wildman–Crippen LogP) is 2.77. The normalized spacial score (nSPS) is 18.5. The highest BCUT2D eigenvalue weighted by atomic mass is 35.5. The number of nitrogens with one attached hydrogen (secondary N) is 1. The van der Waals surface area contributed by atoms with E-state index in [9.17, 15) is 4.79 Å². The van der Waals surface area contributed by atoms with Crippen LogP contribution in [0.4, 0.5) is 5.69 Å². The molecule has 0 unspecified atom stereocenters. The molecule has 1 amide bonds. The summed E-state index contributed by atoms with van der Waals surface area (Å²) in [6.07, 6.45) is 2.11. The molecule has 1 aromatic rings. The number of rotatable bonds is 3. The summed E-state index contributed by atoms with van der Waals surface area (Å²) in [6.45, 7) is 6.70. The molecule has 0 bridgehead atoms. The van der Waals surface area contributed by atoms with E-state index in [0.717, 1.165) is 38.2 Å². The average molecular weight is 283 g/mol. The van der Waals surface area contributed by atoms with Crippen molar-refractivity contribution in [2.75, 3.05) is 24.5 Å². The van der Waals surface area contributed by atoms with E-state index in [1.54, 1.807) is 0 Å². The second kappa shape index (κ2) is 7.51. The zero-order valence-corrected chi connectivity index (χ0v) is 12.5. The van der Waals surface area contributed by atoms with Gasteiger partial charge in [-0.3, -0.25) is 4.79 Å². The van der Waals surface area contributed by atoms with Gasteiger partial charge in [-0.15, -0.1) is 12.4 Å². The molecule has 0 saturated carbocycles. The molecule has 0 aromatic heterocycles. The van der Waals surface area contributed by atoms with E-state index in [1.807, 2.05) is 24.0 Å². The number of hydrogen-bond donors (Lipinski definition) is 1. The lowest BCUT2D eigenvalue weighted by Crippen LogP contribution is -2.43. The van der Waals surface area contributed by atoms with Gasteiger partial charge in [0.25, 0.3) is 0 Å². The second-order valence-corrected chi connectivity index (χ2v) is 4.96. The SMILES string of the molecule is CCN(C(=O)[C@@H]1CCCNC1)c1ccc(C)cc1.Cl. The largest absolute Gasteiger partial charge is 0.316 e. The molecule has 1 N–H and O–H groups in total. The molecule has 1 aromatic carbocycles. The lowest BCUT2D eigenvalue weighted by atomic mass is 9.98. The van der Waals surface area contributed by atoms with Crippen LogP contribution < -0.4 is 10.2 Å². The summed E-state index contributed by atoms with van der Waals surface area (Å²) in [6, 6.07) is 8.19. The first-order valence-electron chi connectivity index (χ1n) is 6.81. The number of carbonyl (C=O) groups is 1. The predicted molar refractivity (Wildman–Crippen MR) is 82.0 cm³/mol. The Labute approximate surface area is 121 Å². The number of hydrogen-bond acceptors (Lipinski definition) is 2. The van der Waals surface area contributed by atoms with Crippen LogP contribution >= 0.6 is 12.4 Å². The zero-order chi connectivity index (χ0) is 13.0. The summed E-state index contributed by atoms with van der Waals surface area (Å²) in [5.74, 6) is 0.397. The molecule has 3 nitrogen and oxygen atoms in total. The molecule has 19 heavy (non-hydrogen) atoms. The highest BCUT2D eigenvalue weighted by molar-refractivity contribution is 5.95. The number of piperidine rings is 1. The standard InChI is InChI=1S/C15H22N2O.ClH/c1-3-17(14-8-6-12(2)7-9-14)15(18)13-5-4-10-16-11-13;/h6-9,13,16H,3-5,10-11H2,1-2H3;1H/t13-;/m1./s1. The third-order valence-electron chi connectivity index (χ3n) is 3.57. The van der Waals surface area contributed by atoms with E-state index in [4.69, 9.17) is 0 Å². The van der Waals surface area contributed by atoms with Crippen LogP contribution in [-0.2, 0) is 4.79 Å². The summed E-state index contributed by atoms with van der Waals surface area (Å²) < 4.78 is 0. The van der Waals surface area contributed by atoms with Crippen LogP contribution in [0.3, 0.4) is 0 Å². The molecule has 1 atom stereocenters. The number of amides is 1. The third kappa shape index (κ3) is 3.95. The van der Waals surface area contributed by atoms with E-state index in [0.29, 0.717) is 0 Å². The van der Waals surface area contributed by atoms with Crippen LogP contribution in [0.15, 0.2) is 24.3 Å². The molecular formula is C15H23ClN2O. The maximum atomic E-state index is 12.5. The number of nitrogens with zero attached hydrogens (tertiary/aromatic N) is 1. The zero-order valence-electron chi connectivity index (χ0n) is 11.7. The fourth-order valence-electron chi connectivity index (χ4n) is 2.47. The minimum absolute atomic E-state index is 0. The van der Waals surface area contributed by atoms with Crippen LogP contribution in [-0.4, -0.2) is 25.5 Å². The van der Waals surface area contributed by atoms with Crippen molar-refractivity contribution in [1.82, 2.24) is 5.32 Å². The van der Waals surface area contributed by atoms with Crippen molar-refractivity contribution in [3.05, 3.63) is 29.8 Å². The van der Waals surface area contributed by atoms with Gasteiger partial charge < -0.3 is 10.2 Å². The van der Waals surface area contributed by atoms with Crippen LogP contribution in [0.1, 0.15) is 25.3 Å². The molecule has 0 aliphatic carbocycles. The molecule has 1 heterocycles. The maximum absolute atomic E-state index is 12.5. The van der Waals surface area contributed by atoms with Crippen molar-refractivity contribution in [3.63, 3.8) is 0 Å². The van der Waals surface area contributed by atoms with E-state index >= 15 is 0 Å². The molecule has 1 aliphatic rings. The molecule has 1 saturated heterocycles. The second-order valence-electron chi connectivity index (χ2n) is 4.96. The van der Waals surface area contributed by atoms with Gasteiger partial charge in [-0.2, -0.15) is 0 Å². The number of benzene rings is 1. The van der Waals surface area contributed by atoms with Gasteiger partial charge in [0.05, 0.1) is 5.92 Å². The fraction of sp³-hybridized carbons (Fsp3) is 0.533. The van der Waals surface area contributed by atoms with Gasteiger partial charge in [-0.1, -0.05) is 17.7 Å². The Bertz CT molecular complexity index is 399. The summed E-state index contributed by atoms with van der Waals surface area (Å²) in [4.78, 5) is 14.4. The molecule has 0 radical (unpaired) electrons. The number of aryl methyl sites for hydroxylation is 1. The van der Waals surface area contributed by atoms with Crippen molar-refractivity contribution < 1.29 is 4.79 Å². The lowest BCUT2D eigenvalue weighted by Gasteiger charge is -2.29. The summed E-state index contributed by atoms with van der Waals surface area (Å²) in [7, 11) is 0. The monoisotopic (exact) mass is 282 g/mol. The Morgan fingerprint density at radius 3 is 2.58 bits per heavy atom. The van der Waals surface area contributed by atoms with Gasteiger partial charge in [-0.25, -0.2) is 0 Å². The Kier molecular flexibility index (Phi) is 6.32. The first-order chi connectivity index (χ1) is 8.72. The number of anilines is 1. The Morgan fingerprint density at radius 1 is 1.37 bits per heavy atom. The highest BCUT2D eigenvalue weighted by Gasteiger charge is 2.25. The van der Waals surface area contributed by atoms with Gasteiger partial charge in [0.2, 0.25) is 5.91 Å². The molecule has 4 heteroatoms. The fourth-order valence-corrected chi connectivity index (χ4v) is 2.47. The third-order valence-corrected chi connectivity index (χ3v) is 3.57. The Morgan fingerprint density at radius 2 is 2.05 bits per heavy atom. The molecule has 0 spiro atoms. The van der Waals surface area contributed by atoms with Gasteiger partial charge >= 0.3 is 0 Å². The van der Waals surface area contributed by atoms with Gasteiger partial charge in [0.1, 0.15) is 0 Å². The number of halogens is 1. The van der Waals surface area contributed by atoms with Crippen molar-refractivity contribution in [3.8, 4) is 0 Å². The van der Waals surface area contributed by atoms with Crippen LogP contribution in [0.2, 0.25) is 0 Å². The van der Waals surface area contributed by atoms with Crippen molar-refractivity contribution >= 4 is 24.0 Å². The molecule has 106 valence electrons. The van der Waals surface area contributed by atoms with Crippen molar-refractivity contribution in [2.45, 2.75) is 26.7 Å². The molecular weight excluding hydrogens is 260 g/mol. The maximum Gasteiger partial charge on any atom is 0.231 e. The van der Waals surface area contributed by atoms with Crippen molar-refractivity contribution in [2.24, 2.45) is 5.92 Å². The lowest BCUT2D eigenvalue weighted by molar-refractivity contribution is -0.122. The minimum atomic E-state index is 0. The molecule has 2 rings (SSSR count). The quantitative estimate of drug-likeness (QED) is 0.925. The molecule has 1 aliphatic heterocycles. The van der Waals surface area contributed by atoms with Gasteiger partial charge in [0.15, 0.2) is 0 Å². The smallest absolute Gasteiger partial charge is 0.231 e. The van der Waals surface area contributed by atoms with Crippen molar-refractivity contribution in [1.29, 1.82) is 0 Å². The van der Waals surface area contributed by atoms with Gasteiger partial charge in [-0.05, 0) is 45.4 Å². The van der Waals surface area contributed by atoms with E-state index < -0.39 is 0 Å². The van der Waals surface area contributed by atoms with E-state index in [-0.39, 0.29) is 24.2 Å². The summed E-state index contributed by atoms with van der Waals surface area (Å²) in [5, 5.41) is 3.31. The van der Waals surface area contributed by atoms with E-state index in [1.165, 1.54) is 5.56 Å². The van der Waals surface area contributed by atoms with Crippen LogP contribution in [0, 0.1) is 12.8 Å². The molecule has 1 fully saturated rings.